The number of rotatable bonds is 7. The first kappa shape index (κ1) is 23.0. The molecule has 1 aromatic carbocycles. The number of nitrogens with zero attached hydrogens (tertiary/aromatic N) is 3. The van der Waals surface area contributed by atoms with Gasteiger partial charge in [0.25, 0.3) is 5.91 Å². The van der Waals surface area contributed by atoms with Crippen LogP contribution in [0.5, 0.6) is 17.5 Å². The summed E-state index contributed by atoms with van der Waals surface area (Å²) in [6, 6.07) is 9.55. The van der Waals surface area contributed by atoms with Crippen molar-refractivity contribution in [3.8, 4) is 28.9 Å². The largest absolute Gasteiger partial charge is 0.477 e. The van der Waals surface area contributed by atoms with Crippen molar-refractivity contribution in [1.82, 2.24) is 20.3 Å². The van der Waals surface area contributed by atoms with Gasteiger partial charge >= 0.3 is 6.18 Å². The molecule has 9 nitrogen and oxygen atoms in total. The lowest BCUT2D eigenvalue weighted by molar-refractivity contribution is -0.137. The summed E-state index contributed by atoms with van der Waals surface area (Å²) in [4.78, 5) is 35.5. The summed E-state index contributed by atoms with van der Waals surface area (Å²) in [7, 11) is 0. The number of alkyl halides is 3. The average molecular weight is 473 g/mol. The Bertz CT molecular complexity index is 1200. The van der Waals surface area contributed by atoms with Gasteiger partial charge in [-0.2, -0.15) is 18.2 Å². The molecule has 1 unspecified atom stereocenters. The van der Waals surface area contributed by atoms with Crippen LogP contribution >= 0.6 is 0 Å². The van der Waals surface area contributed by atoms with Crippen LogP contribution in [0.2, 0.25) is 0 Å². The van der Waals surface area contributed by atoms with Gasteiger partial charge in [-0.15, -0.1) is 0 Å². The highest BCUT2D eigenvalue weighted by Gasteiger charge is 2.30. The highest BCUT2D eigenvalue weighted by Crippen LogP contribution is 2.30. The SMILES string of the molecule is NC(=O)c1cc(OCC2CCNC2=O)nc(-c2ccc(Oc3ccc(C(F)(F)F)cn3)cc2)n1. The van der Waals surface area contributed by atoms with Crippen LogP contribution in [-0.2, 0) is 11.0 Å². The lowest BCUT2D eigenvalue weighted by Gasteiger charge is -2.11. The first-order chi connectivity index (χ1) is 16.2. The van der Waals surface area contributed by atoms with Crippen molar-refractivity contribution < 1.29 is 32.2 Å². The molecule has 1 fully saturated rings. The van der Waals surface area contributed by atoms with Gasteiger partial charge in [0.15, 0.2) is 5.82 Å². The summed E-state index contributed by atoms with van der Waals surface area (Å²) >= 11 is 0. The number of carbonyl (C=O) groups excluding carboxylic acids is 2. The zero-order chi connectivity index (χ0) is 24.3. The van der Waals surface area contributed by atoms with Crippen LogP contribution in [0.25, 0.3) is 11.4 Å². The lowest BCUT2D eigenvalue weighted by atomic mass is 10.1. The Morgan fingerprint density at radius 1 is 1.12 bits per heavy atom. The summed E-state index contributed by atoms with van der Waals surface area (Å²) < 4.78 is 49.1. The first-order valence-electron chi connectivity index (χ1n) is 10.1. The maximum atomic E-state index is 12.7. The lowest BCUT2D eigenvalue weighted by Crippen LogP contribution is -2.24. The van der Waals surface area contributed by atoms with E-state index >= 15 is 0 Å². The van der Waals surface area contributed by atoms with E-state index in [9.17, 15) is 22.8 Å². The van der Waals surface area contributed by atoms with Crippen molar-refractivity contribution in [2.24, 2.45) is 11.7 Å². The summed E-state index contributed by atoms with van der Waals surface area (Å²) in [5, 5.41) is 2.71. The van der Waals surface area contributed by atoms with Crippen molar-refractivity contribution in [3.63, 3.8) is 0 Å². The molecule has 1 aliphatic heterocycles. The minimum Gasteiger partial charge on any atom is -0.477 e. The van der Waals surface area contributed by atoms with E-state index in [1.165, 1.54) is 6.07 Å². The van der Waals surface area contributed by atoms with Gasteiger partial charge in [-0.25, -0.2) is 9.97 Å². The third kappa shape index (κ3) is 5.39. The fourth-order valence-electron chi connectivity index (χ4n) is 3.15. The number of hydrogen-bond donors (Lipinski definition) is 2. The van der Waals surface area contributed by atoms with Crippen LogP contribution in [0.4, 0.5) is 13.2 Å². The second-order valence-electron chi connectivity index (χ2n) is 7.38. The Morgan fingerprint density at radius 3 is 2.47 bits per heavy atom. The fourth-order valence-corrected chi connectivity index (χ4v) is 3.15. The molecule has 2 amide bonds. The molecule has 12 heteroatoms. The number of hydrogen-bond acceptors (Lipinski definition) is 7. The van der Waals surface area contributed by atoms with E-state index in [2.05, 4.69) is 20.3 Å². The molecule has 0 spiro atoms. The maximum Gasteiger partial charge on any atom is 0.417 e. The van der Waals surface area contributed by atoms with E-state index in [0.717, 1.165) is 12.1 Å². The predicted molar refractivity (Wildman–Crippen MR) is 112 cm³/mol. The highest BCUT2D eigenvalue weighted by atomic mass is 19.4. The smallest absolute Gasteiger partial charge is 0.417 e. The molecule has 0 aliphatic carbocycles. The Kier molecular flexibility index (Phi) is 6.30. The number of primary amides is 1. The molecule has 0 bridgehead atoms. The van der Waals surface area contributed by atoms with Crippen molar-refractivity contribution in [2.75, 3.05) is 13.2 Å². The van der Waals surface area contributed by atoms with Crippen LogP contribution in [0.3, 0.4) is 0 Å². The Hall–Kier alpha value is -4.22. The van der Waals surface area contributed by atoms with Gasteiger partial charge in [0, 0.05) is 30.4 Å². The normalized spacial score (nSPS) is 15.6. The number of ether oxygens (including phenoxy) is 2. The Morgan fingerprint density at radius 2 is 1.88 bits per heavy atom. The van der Waals surface area contributed by atoms with Gasteiger partial charge in [-0.3, -0.25) is 9.59 Å². The molecule has 3 N–H and O–H groups in total. The number of nitrogens with one attached hydrogen (secondary N) is 1. The Balaban J connectivity index is 1.50. The number of amides is 2. The molecule has 3 aromatic rings. The molecule has 0 radical (unpaired) electrons. The van der Waals surface area contributed by atoms with Crippen molar-refractivity contribution in [1.29, 1.82) is 0 Å². The zero-order valence-electron chi connectivity index (χ0n) is 17.5. The molecule has 1 saturated heterocycles. The fraction of sp³-hybridized carbons (Fsp3) is 0.227. The molecular weight excluding hydrogens is 455 g/mol. The van der Waals surface area contributed by atoms with Crippen LogP contribution in [0, 0.1) is 5.92 Å². The maximum absolute atomic E-state index is 12.7. The number of nitrogens with two attached hydrogens (primary N) is 1. The quantitative estimate of drug-likeness (QED) is 0.540. The molecule has 176 valence electrons. The van der Waals surface area contributed by atoms with E-state index in [0.29, 0.717) is 30.5 Å². The predicted octanol–water partition coefficient (Wildman–Crippen LogP) is 2.96. The minimum atomic E-state index is -4.49. The van der Waals surface area contributed by atoms with Crippen LogP contribution < -0.4 is 20.5 Å². The average Bonchev–Trinajstić information content (AvgIpc) is 3.22. The molecule has 34 heavy (non-hydrogen) atoms. The number of benzene rings is 1. The molecular formula is C22H18F3N5O4. The second-order valence-corrected chi connectivity index (χ2v) is 7.38. The Labute approximate surface area is 191 Å². The number of aromatic nitrogens is 3. The zero-order valence-corrected chi connectivity index (χ0v) is 17.5. The molecule has 2 aromatic heterocycles. The van der Waals surface area contributed by atoms with Gasteiger partial charge < -0.3 is 20.5 Å². The topological polar surface area (TPSA) is 129 Å². The number of halogens is 3. The van der Waals surface area contributed by atoms with Crippen molar-refractivity contribution in [3.05, 3.63) is 59.9 Å². The number of pyridine rings is 1. The van der Waals surface area contributed by atoms with E-state index in [-0.39, 0.29) is 41.7 Å². The first-order valence-corrected chi connectivity index (χ1v) is 10.1. The van der Waals surface area contributed by atoms with Crippen LogP contribution in [0.15, 0.2) is 48.7 Å². The monoisotopic (exact) mass is 473 g/mol. The van der Waals surface area contributed by atoms with Crippen molar-refractivity contribution in [2.45, 2.75) is 12.6 Å². The van der Waals surface area contributed by atoms with Gasteiger partial charge in [0.2, 0.25) is 17.7 Å². The van der Waals surface area contributed by atoms with E-state index in [1.54, 1.807) is 24.3 Å². The van der Waals surface area contributed by atoms with E-state index in [1.807, 2.05) is 0 Å². The van der Waals surface area contributed by atoms with Gasteiger partial charge in [0.05, 0.1) is 11.5 Å². The standard InChI is InChI=1S/C22H18F3N5O4/c23-22(24,25)14-3-6-17(28-10-14)34-15-4-1-12(2-5-15)20-29-16(19(26)31)9-18(30-20)33-11-13-7-8-27-21(13)32/h1-6,9-10,13H,7-8,11H2,(H2,26,31)(H,27,32). The summed E-state index contributed by atoms with van der Waals surface area (Å²) in [6.07, 6.45) is -3.17. The molecule has 4 rings (SSSR count). The van der Waals surface area contributed by atoms with Crippen molar-refractivity contribution >= 4 is 11.8 Å². The molecule has 0 saturated carbocycles. The molecule has 1 atom stereocenters. The van der Waals surface area contributed by atoms with E-state index in [4.69, 9.17) is 15.2 Å². The molecule has 1 aliphatic rings. The van der Waals surface area contributed by atoms with E-state index < -0.39 is 17.6 Å². The second kappa shape index (κ2) is 9.33. The third-order valence-electron chi connectivity index (χ3n) is 4.95. The third-order valence-corrected chi connectivity index (χ3v) is 4.95. The summed E-state index contributed by atoms with van der Waals surface area (Å²) in [5.74, 6) is -0.659. The molecule has 3 heterocycles. The summed E-state index contributed by atoms with van der Waals surface area (Å²) in [5.41, 5.74) is 4.92. The minimum absolute atomic E-state index is 0.0145. The van der Waals surface area contributed by atoms with Crippen LogP contribution in [-0.4, -0.2) is 39.9 Å². The summed E-state index contributed by atoms with van der Waals surface area (Å²) in [6.45, 7) is 0.665. The highest BCUT2D eigenvalue weighted by molar-refractivity contribution is 5.91. The number of carbonyl (C=O) groups is 2. The van der Waals surface area contributed by atoms with Gasteiger partial charge in [0.1, 0.15) is 18.1 Å². The van der Waals surface area contributed by atoms with Gasteiger partial charge in [-0.1, -0.05) is 0 Å². The van der Waals surface area contributed by atoms with Crippen LogP contribution in [0.1, 0.15) is 22.5 Å². The van der Waals surface area contributed by atoms with Gasteiger partial charge in [-0.05, 0) is 36.8 Å².